The summed E-state index contributed by atoms with van der Waals surface area (Å²) in [6, 6.07) is 15.8. The summed E-state index contributed by atoms with van der Waals surface area (Å²) in [5.74, 6) is -0.616. The van der Waals surface area contributed by atoms with Crippen LogP contribution in [0.2, 0.25) is 0 Å². The highest BCUT2D eigenvalue weighted by Crippen LogP contribution is 2.23. The summed E-state index contributed by atoms with van der Waals surface area (Å²) >= 11 is 1.42. The first-order chi connectivity index (χ1) is 12.2. The number of nitrogens with zero attached hydrogens (tertiary/aromatic N) is 1. The average Bonchev–Trinajstić information content (AvgIpc) is 3.13. The highest BCUT2D eigenvalue weighted by molar-refractivity contribution is 7.13. The van der Waals surface area contributed by atoms with Crippen LogP contribution in [0.1, 0.15) is 22.2 Å². The number of aromatic nitrogens is 1. The number of halogens is 1. The number of nitrogens with one attached hydrogen (secondary N) is 1. The molecule has 0 aliphatic heterocycles. The normalized spacial score (nSPS) is 11.9. The Kier molecular flexibility index (Phi) is 5.53. The highest BCUT2D eigenvalue weighted by Gasteiger charge is 2.16. The Morgan fingerprint density at radius 3 is 2.76 bits per heavy atom. The van der Waals surface area contributed by atoms with Crippen molar-refractivity contribution in [3.8, 4) is 10.6 Å². The third-order valence-electron chi connectivity index (χ3n) is 3.71. The van der Waals surface area contributed by atoms with Gasteiger partial charge in [0.25, 0.3) is 5.91 Å². The van der Waals surface area contributed by atoms with E-state index in [1.54, 1.807) is 17.5 Å². The number of hydrogen-bond acceptors (Lipinski definition) is 4. The molecule has 128 valence electrons. The molecule has 25 heavy (non-hydrogen) atoms. The molecule has 0 saturated heterocycles. The molecule has 0 saturated carbocycles. The van der Waals surface area contributed by atoms with E-state index in [1.165, 1.54) is 30.6 Å². The fraction of sp³-hybridized carbons (Fsp3) is 0.158. The number of thiazole rings is 1. The number of rotatable bonds is 6. The van der Waals surface area contributed by atoms with Crippen LogP contribution in [0, 0.1) is 5.82 Å². The summed E-state index contributed by atoms with van der Waals surface area (Å²) in [5, 5.41) is 5.31. The average molecular weight is 356 g/mol. The molecule has 1 unspecified atom stereocenters. The molecule has 6 heteroatoms. The van der Waals surface area contributed by atoms with Crippen LogP contribution < -0.4 is 5.32 Å². The Balaban J connectivity index is 1.65. The molecule has 0 spiro atoms. The standard InChI is InChI=1S/C19H17FN2O2S/c1-24-17(14-8-5-9-15(20)10-14)11-21-18(23)16-12-25-19(22-16)13-6-3-2-4-7-13/h2-10,12,17H,11H2,1H3,(H,21,23). The van der Waals surface area contributed by atoms with Crippen molar-refractivity contribution >= 4 is 17.2 Å². The van der Waals surface area contributed by atoms with Crippen molar-refractivity contribution in [1.82, 2.24) is 10.3 Å². The molecule has 3 rings (SSSR count). The highest BCUT2D eigenvalue weighted by atomic mass is 32.1. The van der Waals surface area contributed by atoms with Crippen LogP contribution in [-0.2, 0) is 4.74 Å². The minimum Gasteiger partial charge on any atom is -0.375 e. The minimum atomic E-state index is -0.424. The van der Waals surface area contributed by atoms with Crippen LogP contribution in [0.3, 0.4) is 0 Å². The number of benzene rings is 2. The fourth-order valence-corrected chi connectivity index (χ4v) is 3.22. The Morgan fingerprint density at radius 2 is 2.04 bits per heavy atom. The SMILES string of the molecule is COC(CNC(=O)c1csc(-c2ccccc2)n1)c1cccc(F)c1. The first kappa shape index (κ1) is 17.3. The van der Waals surface area contributed by atoms with Gasteiger partial charge in [0.1, 0.15) is 16.5 Å². The van der Waals surface area contributed by atoms with E-state index in [1.807, 2.05) is 30.3 Å². The monoisotopic (exact) mass is 356 g/mol. The number of carbonyl (C=O) groups is 1. The van der Waals surface area contributed by atoms with Gasteiger partial charge in [-0.25, -0.2) is 9.37 Å². The van der Waals surface area contributed by atoms with Crippen molar-refractivity contribution in [3.63, 3.8) is 0 Å². The molecule has 3 aromatic rings. The van der Waals surface area contributed by atoms with Gasteiger partial charge in [0.05, 0.1) is 6.10 Å². The van der Waals surface area contributed by atoms with Crippen molar-refractivity contribution in [2.24, 2.45) is 0 Å². The van der Waals surface area contributed by atoms with Crippen LogP contribution >= 0.6 is 11.3 Å². The van der Waals surface area contributed by atoms with Gasteiger partial charge in [0, 0.05) is 24.6 Å². The lowest BCUT2D eigenvalue weighted by molar-refractivity contribution is 0.0824. The minimum absolute atomic E-state index is 0.233. The lowest BCUT2D eigenvalue weighted by atomic mass is 10.1. The van der Waals surface area contributed by atoms with Crippen LogP contribution in [0.5, 0.6) is 0 Å². The zero-order valence-corrected chi connectivity index (χ0v) is 14.4. The number of ether oxygens (including phenoxy) is 1. The third kappa shape index (κ3) is 4.29. The molecule has 1 heterocycles. The molecule has 1 N–H and O–H groups in total. The largest absolute Gasteiger partial charge is 0.375 e. The molecule has 0 aliphatic carbocycles. The molecule has 4 nitrogen and oxygen atoms in total. The predicted molar refractivity (Wildman–Crippen MR) is 96.0 cm³/mol. The zero-order chi connectivity index (χ0) is 17.6. The number of hydrogen-bond donors (Lipinski definition) is 1. The molecular weight excluding hydrogens is 339 g/mol. The van der Waals surface area contributed by atoms with E-state index in [2.05, 4.69) is 10.3 Å². The fourth-order valence-electron chi connectivity index (χ4n) is 2.41. The molecule has 0 radical (unpaired) electrons. The summed E-state index contributed by atoms with van der Waals surface area (Å²) in [6.45, 7) is 0.233. The van der Waals surface area contributed by atoms with Gasteiger partial charge in [-0.05, 0) is 17.7 Å². The van der Waals surface area contributed by atoms with Crippen molar-refractivity contribution in [3.05, 3.63) is 77.1 Å². The van der Waals surface area contributed by atoms with Crippen LogP contribution in [0.25, 0.3) is 10.6 Å². The summed E-state index contributed by atoms with van der Waals surface area (Å²) in [4.78, 5) is 16.7. The summed E-state index contributed by atoms with van der Waals surface area (Å²) < 4.78 is 18.7. The Labute approximate surface area is 149 Å². The Morgan fingerprint density at radius 1 is 1.24 bits per heavy atom. The van der Waals surface area contributed by atoms with Crippen molar-refractivity contribution in [2.75, 3.05) is 13.7 Å². The maximum Gasteiger partial charge on any atom is 0.270 e. The van der Waals surface area contributed by atoms with Gasteiger partial charge >= 0.3 is 0 Å². The van der Waals surface area contributed by atoms with Gasteiger partial charge in [0.15, 0.2) is 0 Å². The van der Waals surface area contributed by atoms with Gasteiger partial charge in [-0.3, -0.25) is 4.79 Å². The zero-order valence-electron chi connectivity index (χ0n) is 13.6. The van der Waals surface area contributed by atoms with E-state index in [0.29, 0.717) is 11.3 Å². The van der Waals surface area contributed by atoms with Crippen LogP contribution in [0.15, 0.2) is 60.0 Å². The molecule has 0 bridgehead atoms. The van der Waals surface area contributed by atoms with E-state index < -0.39 is 6.10 Å². The summed E-state index contributed by atoms with van der Waals surface area (Å²) in [7, 11) is 1.53. The maximum atomic E-state index is 13.3. The van der Waals surface area contributed by atoms with Crippen LogP contribution in [0.4, 0.5) is 4.39 Å². The first-order valence-corrected chi connectivity index (χ1v) is 8.62. The number of amides is 1. The molecule has 1 atom stereocenters. The molecule has 2 aromatic carbocycles. The molecule has 1 amide bonds. The quantitative estimate of drug-likeness (QED) is 0.724. The topological polar surface area (TPSA) is 51.2 Å². The molecular formula is C19H17FN2O2S. The Bertz CT molecular complexity index is 851. The number of methoxy groups -OCH3 is 1. The molecule has 1 aromatic heterocycles. The van der Waals surface area contributed by atoms with Crippen LogP contribution in [-0.4, -0.2) is 24.5 Å². The molecule has 0 fully saturated rings. The summed E-state index contributed by atoms with van der Waals surface area (Å²) in [5.41, 5.74) is 2.00. The van der Waals surface area contributed by atoms with Gasteiger partial charge < -0.3 is 10.1 Å². The van der Waals surface area contributed by atoms with Gasteiger partial charge in [-0.1, -0.05) is 42.5 Å². The van der Waals surface area contributed by atoms with E-state index in [0.717, 1.165) is 10.6 Å². The van der Waals surface area contributed by atoms with E-state index in [9.17, 15) is 9.18 Å². The van der Waals surface area contributed by atoms with E-state index in [4.69, 9.17) is 4.74 Å². The first-order valence-electron chi connectivity index (χ1n) is 7.75. The van der Waals surface area contributed by atoms with Crippen molar-refractivity contribution in [2.45, 2.75) is 6.10 Å². The molecule has 0 aliphatic rings. The summed E-state index contributed by atoms with van der Waals surface area (Å²) in [6.07, 6.45) is -0.424. The predicted octanol–water partition coefficient (Wildman–Crippen LogP) is 4.07. The van der Waals surface area contributed by atoms with E-state index >= 15 is 0 Å². The second kappa shape index (κ2) is 8.00. The van der Waals surface area contributed by atoms with E-state index in [-0.39, 0.29) is 18.3 Å². The van der Waals surface area contributed by atoms with Gasteiger partial charge in [-0.15, -0.1) is 11.3 Å². The van der Waals surface area contributed by atoms with Crippen molar-refractivity contribution in [1.29, 1.82) is 0 Å². The smallest absolute Gasteiger partial charge is 0.270 e. The van der Waals surface area contributed by atoms with Gasteiger partial charge in [-0.2, -0.15) is 0 Å². The third-order valence-corrected chi connectivity index (χ3v) is 4.60. The lowest BCUT2D eigenvalue weighted by Gasteiger charge is -2.16. The maximum absolute atomic E-state index is 13.3. The second-order valence-electron chi connectivity index (χ2n) is 5.39. The lowest BCUT2D eigenvalue weighted by Crippen LogP contribution is -2.29. The van der Waals surface area contributed by atoms with Crippen molar-refractivity contribution < 1.29 is 13.9 Å². The van der Waals surface area contributed by atoms with Gasteiger partial charge in [0.2, 0.25) is 0 Å². The number of carbonyl (C=O) groups excluding carboxylic acids is 1. The Hall–Kier alpha value is -2.57. The second-order valence-corrected chi connectivity index (χ2v) is 6.25.